The van der Waals surface area contributed by atoms with Crippen molar-refractivity contribution in [2.45, 2.75) is 13.0 Å². The minimum absolute atomic E-state index is 0.273. The van der Waals surface area contributed by atoms with E-state index in [9.17, 15) is 4.79 Å². The van der Waals surface area contributed by atoms with Gasteiger partial charge in [-0.05, 0) is 24.1 Å². The quantitative estimate of drug-likeness (QED) is 0.783. The number of hydrogen-bond acceptors (Lipinski definition) is 2. The molecule has 1 aliphatic rings. The summed E-state index contributed by atoms with van der Waals surface area (Å²) in [7, 11) is 0. The SMILES string of the molecule is O=C(OCc1ccccc1)N1CC=C(C#Cc2ccccc2)CC1. The molecule has 0 unspecified atom stereocenters. The second-order valence-corrected chi connectivity index (χ2v) is 5.58. The molecule has 1 aliphatic heterocycles. The first-order valence-corrected chi connectivity index (χ1v) is 8.03. The summed E-state index contributed by atoms with van der Waals surface area (Å²) >= 11 is 0. The molecule has 0 N–H and O–H groups in total. The van der Waals surface area contributed by atoms with Crippen molar-refractivity contribution in [3.8, 4) is 11.8 Å². The number of hydrogen-bond donors (Lipinski definition) is 0. The highest BCUT2D eigenvalue weighted by molar-refractivity contribution is 5.68. The van der Waals surface area contributed by atoms with Crippen LogP contribution in [0.5, 0.6) is 0 Å². The molecule has 2 aromatic carbocycles. The highest BCUT2D eigenvalue weighted by Crippen LogP contribution is 2.12. The Bertz CT molecular complexity index is 770. The molecule has 0 aromatic heterocycles. The summed E-state index contributed by atoms with van der Waals surface area (Å²) in [6, 6.07) is 19.6. The molecular formula is C21H19NO2. The number of ether oxygens (including phenoxy) is 1. The van der Waals surface area contributed by atoms with Crippen LogP contribution in [-0.4, -0.2) is 24.1 Å². The molecule has 0 spiro atoms. The highest BCUT2D eigenvalue weighted by atomic mass is 16.6. The van der Waals surface area contributed by atoms with Crippen LogP contribution >= 0.6 is 0 Å². The van der Waals surface area contributed by atoms with Crippen LogP contribution in [0.3, 0.4) is 0 Å². The molecule has 0 aliphatic carbocycles. The van der Waals surface area contributed by atoms with Gasteiger partial charge in [-0.2, -0.15) is 0 Å². The van der Waals surface area contributed by atoms with Crippen molar-refractivity contribution in [1.82, 2.24) is 4.90 Å². The zero-order valence-electron chi connectivity index (χ0n) is 13.4. The fourth-order valence-electron chi connectivity index (χ4n) is 2.43. The summed E-state index contributed by atoms with van der Waals surface area (Å²) in [5, 5.41) is 0. The Morgan fingerprint density at radius 3 is 2.38 bits per heavy atom. The Morgan fingerprint density at radius 1 is 1.00 bits per heavy atom. The second-order valence-electron chi connectivity index (χ2n) is 5.58. The normalized spacial score (nSPS) is 13.5. The average molecular weight is 317 g/mol. The van der Waals surface area contributed by atoms with Gasteiger partial charge < -0.3 is 9.64 Å². The third kappa shape index (κ3) is 4.50. The molecule has 3 rings (SSSR count). The summed E-state index contributed by atoms with van der Waals surface area (Å²) in [6.45, 7) is 1.50. The van der Waals surface area contributed by atoms with Gasteiger partial charge in [0, 0.05) is 24.2 Å². The minimum Gasteiger partial charge on any atom is -0.445 e. The van der Waals surface area contributed by atoms with E-state index in [1.165, 1.54) is 0 Å². The van der Waals surface area contributed by atoms with Crippen molar-refractivity contribution in [1.29, 1.82) is 0 Å². The molecule has 0 atom stereocenters. The van der Waals surface area contributed by atoms with Crippen LogP contribution in [0.15, 0.2) is 72.3 Å². The van der Waals surface area contributed by atoms with E-state index in [0.717, 1.165) is 23.1 Å². The van der Waals surface area contributed by atoms with Crippen LogP contribution in [0.1, 0.15) is 17.5 Å². The molecule has 0 radical (unpaired) electrons. The maximum absolute atomic E-state index is 12.1. The lowest BCUT2D eigenvalue weighted by Gasteiger charge is -2.24. The van der Waals surface area contributed by atoms with Gasteiger partial charge in [-0.25, -0.2) is 4.79 Å². The van der Waals surface area contributed by atoms with Gasteiger partial charge in [-0.15, -0.1) is 0 Å². The van der Waals surface area contributed by atoms with Crippen LogP contribution < -0.4 is 0 Å². The van der Waals surface area contributed by atoms with E-state index in [4.69, 9.17) is 4.74 Å². The zero-order valence-corrected chi connectivity index (χ0v) is 13.4. The molecule has 24 heavy (non-hydrogen) atoms. The van der Waals surface area contributed by atoms with Crippen molar-refractivity contribution in [3.05, 3.63) is 83.4 Å². The predicted molar refractivity (Wildman–Crippen MR) is 94.2 cm³/mol. The first kappa shape index (κ1) is 15.9. The molecule has 0 bridgehead atoms. The fourth-order valence-corrected chi connectivity index (χ4v) is 2.43. The van der Waals surface area contributed by atoms with E-state index >= 15 is 0 Å². The summed E-state index contributed by atoms with van der Waals surface area (Å²) in [6.07, 6.45) is 2.49. The summed E-state index contributed by atoms with van der Waals surface area (Å²) < 4.78 is 5.35. The van der Waals surface area contributed by atoms with Crippen molar-refractivity contribution in [3.63, 3.8) is 0 Å². The maximum atomic E-state index is 12.1. The summed E-state index contributed by atoms with van der Waals surface area (Å²) in [5.74, 6) is 6.34. The van der Waals surface area contributed by atoms with Crippen molar-refractivity contribution >= 4 is 6.09 Å². The Hall–Kier alpha value is -2.99. The lowest BCUT2D eigenvalue weighted by atomic mass is 10.1. The van der Waals surface area contributed by atoms with Crippen LogP contribution in [0.2, 0.25) is 0 Å². The lowest BCUT2D eigenvalue weighted by molar-refractivity contribution is 0.0992. The molecule has 0 fully saturated rings. The molecular weight excluding hydrogens is 298 g/mol. The van der Waals surface area contributed by atoms with Gasteiger partial charge in [0.05, 0.1) is 0 Å². The Balaban J connectivity index is 1.51. The number of carbonyl (C=O) groups is 1. The first-order valence-electron chi connectivity index (χ1n) is 8.03. The molecule has 1 heterocycles. The summed E-state index contributed by atoms with van der Waals surface area (Å²) in [4.78, 5) is 13.8. The molecule has 2 aromatic rings. The highest BCUT2D eigenvalue weighted by Gasteiger charge is 2.17. The number of amides is 1. The fraction of sp³-hybridized carbons (Fsp3) is 0.190. The number of carbonyl (C=O) groups excluding carboxylic acids is 1. The van der Waals surface area contributed by atoms with Gasteiger partial charge >= 0.3 is 6.09 Å². The topological polar surface area (TPSA) is 29.5 Å². The molecule has 3 heteroatoms. The molecule has 0 saturated heterocycles. The van der Waals surface area contributed by atoms with Crippen LogP contribution in [0, 0.1) is 11.8 Å². The molecule has 3 nitrogen and oxygen atoms in total. The van der Waals surface area contributed by atoms with E-state index in [-0.39, 0.29) is 6.09 Å². The van der Waals surface area contributed by atoms with Gasteiger partial charge in [-0.1, -0.05) is 66.4 Å². The van der Waals surface area contributed by atoms with E-state index in [1.807, 2.05) is 66.7 Å². The van der Waals surface area contributed by atoms with E-state index in [2.05, 4.69) is 11.8 Å². The predicted octanol–water partition coefficient (Wildman–Crippen LogP) is 4.01. The number of benzene rings is 2. The van der Waals surface area contributed by atoms with E-state index in [0.29, 0.717) is 19.7 Å². The third-order valence-electron chi connectivity index (χ3n) is 3.81. The first-order chi connectivity index (χ1) is 11.8. The van der Waals surface area contributed by atoms with Gasteiger partial charge in [0.25, 0.3) is 0 Å². The largest absolute Gasteiger partial charge is 0.445 e. The molecule has 0 saturated carbocycles. The Morgan fingerprint density at radius 2 is 1.71 bits per heavy atom. The van der Waals surface area contributed by atoms with E-state index in [1.54, 1.807) is 4.90 Å². The van der Waals surface area contributed by atoms with Crippen molar-refractivity contribution in [2.24, 2.45) is 0 Å². The van der Waals surface area contributed by atoms with Crippen LogP contribution in [0.25, 0.3) is 0 Å². The number of rotatable bonds is 2. The van der Waals surface area contributed by atoms with Crippen molar-refractivity contribution < 1.29 is 9.53 Å². The van der Waals surface area contributed by atoms with Gasteiger partial charge in [-0.3, -0.25) is 0 Å². The minimum atomic E-state index is -0.273. The maximum Gasteiger partial charge on any atom is 0.410 e. The third-order valence-corrected chi connectivity index (χ3v) is 3.81. The lowest BCUT2D eigenvalue weighted by Crippen LogP contribution is -2.35. The van der Waals surface area contributed by atoms with Crippen LogP contribution in [0.4, 0.5) is 4.79 Å². The average Bonchev–Trinajstić information content (AvgIpc) is 2.66. The molecule has 120 valence electrons. The monoisotopic (exact) mass is 317 g/mol. The Labute approximate surface area is 142 Å². The van der Waals surface area contributed by atoms with E-state index < -0.39 is 0 Å². The zero-order chi connectivity index (χ0) is 16.6. The van der Waals surface area contributed by atoms with Gasteiger partial charge in [0.2, 0.25) is 0 Å². The van der Waals surface area contributed by atoms with Gasteiger partial charge in [0.1, 0.15) is 6.61 Å². The standard InChI is InChI=1S/C21H19NO2/c23-21(24-17-20-9-5-2-6-10-20)22-15-13-19(14-16-22)12-11-18-7-3-1-4-8-18/h1-10,13H,14-17H2. The number of nitrogens with zero attached hydrogens (tertiary/aromatic N) is 1. The second kappa shape index (κ2) is 8.03. The van der Waals surface area contributed by atoms with Crippen LogP contribution in [-0.2, 0) is 11.3 Å². The smallest absolute Gasteiger partial charge is 0.410 e. The molecule has 1 amide bonds. The van der Waals surface area contributed by atoms with Gasteiger partial charge in [0.15, 0.2) is 0 Å². The van der Waals surface area contributed by atoms with Crippen molar-refractivity contribution in [2.75, 3.05) is 13.1 Å². The Kier molecular flexibility index (Phi) is 5.32. The summed E-state index contributed by atoms with van der Waals surface area (Å²) in [5.41, 5.74) is 3.07.